The molecule has 2 fully saturated rings. The molecule has 1 spiro atoms. The van der Waals surface area contributed by atoms with E-state index in [1.807, 2.05) is 0 Å². The minimum absolute atomic E-state index is 0.0841. The molecule has 4 aliphatic carbocycles. The third kappa shape index (κ3) is 5.10. The average Bonchev–Trinajstić information content (AvgIpc) is 4.04. The van der Waals surface area contributed by atoms with Crippen molar-refractivity contribution >= 4 is 17.1 Å². The first-order chi connectivity index (χ1) is 29.0. The molecule has 59 heavy (non-hydrogen) atoms. The highest BCUT2D eigenvalue weighted by Gasteiger charge is 2.56. The Bertz CT molecular complexity index is 2920. The maximum Gasteiger partial charge on any atom is 0.0468 e. The van der Waals surface area contributed by atoms with Crippen molar-refractivity contribution in [3.05, 3.63) is 210 Å². The van der Waals surface area contributed by atoms with Gasteiger partial charge in [0.05, 0.1) is 0 Å². The van der Waals surface area contributed by atoms with Crippen molar-refractivity contribution in [2.45, 2.75) is 50.4 Å². The standard InChI is InChI=1S/C58H47N/c1-57(2)53-22-11-9-19-49(53)51-21-13-20-47(56(51)57)41-25-28-43(29-26-41)59(44-30-32-46(39-14-5-3-6-15-39)52(35-44)40-16-7-4-8-17-40)45-31-33-50-48-18-10-12-23-54(48)58(55(50)36-45)37-38-24-27-42(58)34-38/h3-23,25-26,28-33,35-36,38,42H,24,27,34,37H2,1-2H3. The van der Waals surface area contributed by atoms with Gasteiger partial charge < -0.3 is 4.90 Å². The van der Waals surface area contributed by atoms with Gasteiger partial charge in [-0.05, 0) is 145 Å². The van der Waals surface area contributed by atoms with Crippen LogP contribution in [-0.2, 0) is 10.8 Å². The zero-order valence-electron chi connectivity index (χ0n) is 33.8. The molecule has 2 bridgehead atoms. The van der Waals surface area contributed by atoms with Gasteiger partial charge in [0.1, 0.15) is 0 Å². The van der Waals surface area contributed by atoms with Crippen LogP contribution in [0.15, 0.2) is 188 Å². The second kappa shape index (κ2) is 13.0. The van der Waals surface area contributed by atoms with Gasteiger partial charge in [-0.2, -0.15) is 0 Å². The van der Waals surface area contributed by atoms with Gasteiger partial charge in [-0.3, -0.25) is 0 Å². The van der Waals surface area contributed by atoms with Crippen LogP contribution in [0.25, 0.3) is 55.6 Å². The molecule has 0 heterocycles. The molecule has 0 radical (unpaired) electrons. The maximum atomic E-state index is 2.58. The van der Waals surface area contributed by atoms with Crippen LogP contribution in [0.4, 0.5) is 17.1 Å². The molecule has 2 saturated carbocycles. The second-order valence-electron chi connectivity index (χ2n) is 18.1. The second-order valence-corrected chi connectivity index (χ2v) is 18.1. The summed E-state index contributed by atoms with van der Waals surface area (Å²) >= 11 is 0. The highest BCUT2D eigenvalue weighted by Crippen LogP contribution is 2.66. The van der Waals surface area contributed by atoms with Gasteiger partial charge in [0.25, 0.3) is 0 Å². The van der Waals surface area contributed by atoms with Crippen LogP contribution in [0.1, 0.15) is 61.8 Å². The topological polar surface area (TPSA) is 3.24 Å². The van der Waals surface area contributed by atoms with Crippen molar-refractivity contribution in [1.82, 2.24) is 0 Å². The Morgan fingerprint density at radius 1 is 0.407 bits per heavy atom. The molecule has 0 saturated heterocycles. The quantitative estimate of drug-likeness (QED) is 0.163. The number of rotatable bonds is 6. The first kappa shape index (κ1) is 34.6. The predicted molar refractivity (Wildman–Crippen MR) is 247 cm³/mol. The Balaban J connectivity index is 1.04. The van der Waals surface area contributed by atoms with Crippen LogP contribution in [0, 0.1) is 11.8 Å². The Morgan fingerprint density at radius 3 is 1.64 bits per heavy atom. The van der Waals surface area contributed by atoms with E-state index in [1.165, 1.54) is 104 Å². The lowest BCUT2D eigenvalue weighted by atomic mass is 9.67. The van der Waals surface area contributed by atoms with Gasteiger partial charge in [0.2, 0.25) is 0 Å². The SMILES string of the molecule is CC1(C)c2ccccc2-c2cccc(-c3ccc(N(c4ccc(-c5ccccc5)c(-c5ccccc5)c4)c4ccc5c(c4)C4(CC6CCC4C6)c4ccccc4-5)cc3)c21. The summed E-state index contributed by atoms with van der Waals surface area (Å²) in [6.45, 7) is 4.77. The summed E-state index contributed by atoms with van der Waals surface area (Å²) in [4.78, 5) is 2.52. The Hall–Kier alpha value is -6.44. The van der Waals surface area contributed by atoms with Crippen molar-refractivity contribution in [1.29, 1.82) is 0 Å². The number of hydrogen-bond acceptors (Lipinski definition) is 1. The number of nitrogens with zero attached hydrogens (tertiary/aromatic N) is 1. The number of hydrogen-bond donors (Lipinski definition) is 0. The molecule has 0 aliphatic heterocycles. The molecule has 8 aromatic carbocycles. The molecule has 12 rings (SSSR count). The molecule has 8 aromatic rings. The third-order valence-electron chi connectivity index (χ3n) is 14.7. The van der Waals surface area contributed by atoms with Crippen LogP contribution in [-0.4, -0.2) is 0 Å². The van der Waals surface area contributed by atoms with E-state index in [-0.39, 0.29) is 10.8 Å². The Labute approximate surface area is 348 Å². The molecule has 0 amide bonds. The van der Waals surface area contributed by atoms with Gasteiger partial charge in [-0.1, -0.05) is 172 Å². The van der Waals surface area contributed by atoms with Gasteiger partial charge >= 0.3 is 0 Å². The molecule has 284 valence electrons. The maximum absolute atomic E-state index is 2.58. The minimum Gasteiger partial charge on any atom is -0.310 e. The van der Waals surface area contributed by atoms with E-state index in [0.29, 0.717) is 5.92 Å². The first-order valence-electron chi connectivity index (χ1n) is 21.6. The summed E-state index contributed by atoms with van der Waals surface area (Å²) in [5.41, 5.74) is 22.5. The van der Waals surface area contributed by atoms with Gasteiger partial charge in [0.15, 0.2) is 0 Å². The molecule has 0 aromatic heterocycles. The summed E-state index contributed by atoms with van der Waals surface area (Å²) in [7, 11) is 0. The molecule has 4 aliphatic rings. The van der Waals surface area contributed by atoms with Crippen molar-refractivity contribution < 1.29 is 0 Å². The molecular weight excluding hydrogens is 711 g/mol. The van der Waals surface area contributed by atoms with E-state index < -0.39 is 0 Å². The summed E-state index contributed by atoms with van der Waals surface area (Å²) in [5, 5.41) is 0. The molecule has 3 atom stereocenters. The van der Waals surface area contributed by atoms with Gasteiger partial charge in [0, 0.05) is 27.9 Å². The van der Waals surface area contributed by atoms with Gasteiger partial charge in [-0.25, -0.2) is 0 Å². The lowest BCUT2D eigenvalue weighted by Crippen LogP contribution is -2.32. The molecule has 1 heteroatoms. The smallest absolute Gasteiger partial charge is 0.0468 e. The van der Waals surface area contributed by atoms with Crippen molar-refractivity contribution in [3.63, 3.8) is 0 Å². The molecular formula is C58H47N. The third-order valence-corrected chi connectivity index (χ3v) is 14.7. The lowest BCUT2D eigenvalue weighted by molar-refractivity contribution is 0.327. The summed E-state index contributed by atoms with van der Waals surface area (Å²) < 4.78 is 0. The Morgan fingerprint density at radius 2 is 0.949 bits per heavy atom. The number of anilines is 3. The van der Waals surface area contributed by atoms with E-state index in [1.54, 1.807) is 5.56 Å². The van der Waals surface area contributed by atoms with Crippen LogP contribution in [0.2, 0.25) is 0 Å². The zero-order chi connectivity index (χ0) is 39.3. The fourth-order valence-electron chi connectivity index (χ4n) is 12.2. The highest BCUT2D eigenvalue weighted by atomic mass is 15.1. The van der Waals surface area contributed by atoms with E-state index in [2.05, 4.69) is 207 Å². The van der Waals surface area contributed by atoms with Crippen molar-refractivity contribution in [3.8, 4) is 55.6 Å². The minimum atomic E-state index is -0.0841. The summed E-state index contributed by atoms with van der Waals surface area (Å²) in [6, 6.07) is 70.8. The summed E-state index contributed by atoms with van der Waals surface area (Å²) in [6.07, 6.45) is 5.34. The van der Waals surface area contributed by atoms with Crippen molar-refractivity contribution in [2.75, 3.05) is 4.90 Å². The lowest BCUT2D eigenvalue weighted by Gasteiger charge is -2.37. The van der Waals surface area contributed by atoms with Crippen LogP contribution in [0.3, 0.4) is 0 Å². The predicted octanol–water partition coefficient (Wildman–Crippen LogP) is 15.6. The van der Waals surface area contributed by atoms with E-state index >= 15 is 0 Å². The monoisotopic (exact) mass is 757 g/mol. The van der Waals surface area contributed by atoms with E-state index in [4.69, 9.17) is 0 Å². The van der Waals surface area contributed by atoms with Crippen LogP contribution in [0.5, 0.6) is 0 Å². The molecule has 0 N–H and O–H groups in total. The first-order valence-corrected chi connectivity index (χ1v) is 21.6. The zero-order valence-corrected chi connectivity index (χ0v) is 33.8. The van der Waals surface area contributed by atoms with Crippen LogP contribution >= 0.6 is 0 Å². The number of fused-ring (bicyclic) bond motifs is 11. The highest BCUT2D eigenvalue weighted by molar-refractivity contribution is 5.92. The van der Waals surface area contributed by atoms with Crippen molar-refractivity contribution in [2.24, 2.45) is 11.8 Å². The fourth-order valence-corrected chi connectivity index (χ4v) is 12.2. The summed E-state index contributed by atoms with van der Waals surface area (Å²) in [5.74, 6) is 1.53. The normalized spacial score (nSPS) is 20.0. The van der Waals surface area contributed by atoms with Gasteiger partial charge in [-0.15, -0.1) is 0 Å². The molecule has 3 unspecified atom stereocenters. The number of benzene rings is 8. The Kier molecular flexibility index (Phi) is 7.64. The largest absolute Gasteiger partial charge is 0.310 e. The van der Waals surface area contributed by atoms with E-state index in [9.17, 15) is 0 Å². The fraction of sp³-hybridized carbons (Fsp3) is 0.172. The van der Waals surface area contributed by atoms with E-state index in [0.717, 1.165) is 17.3 Å². The average molecular weight is 758 g/mol. The van der Waals surface area contributed by atoms with Crippen LogP contribution < -0.4 is 4.90 Å². The molecule has 1 nitrogen and oxygen atoms in total.